The van der Waals surface area contributed by atoms with Crippen molar-refractivity contribution in [3.63, 3.8) is 0 Å². The van der Waals surface area contributed by atoms with E-state index in [9.17, 15) is 9.90 Å². The van der Waals surface area contributed by atoms with Gasteiger partial charge in [-0.1, -0.05) is 30.3 Å². The van der Waals surface area contributed by atoms with Gasteiger partial charge in [0.05, 0.1) is 22.3 Å². The van der Waals surface area contributed by atoms with Gasteiger partial charge in [0.15, 0.2) is 0 Å². The summed E-state index contributed by atoms with van der Waals surface area (Å²) in [6.07, 6.45) is 0. The fourth-order valence-electron chi connectivity index (χ4n) is 4.08. The summed E-state index contributed by atoms with van der Waals surface area (Å²) in [7, 11) is 0. The number of hydrogen-bond acceptors (Lipinski definition) is 5. The monoisotopic (exact) mass is 511 g/mol. The smallest absolute Gasteiger partial charge is 0.337 e. The number of aromatic carboxylic acids is 1. The average Bonchev–Trinajstić information content (AvgIpc) is 2.85. The van der Waals surface area contributed by atoms with E-state index in [1.165, 1.54) is 0 Å². The number of ether oxygens (including phenoxy) is 1. The van der Waals surface area contributed by atoms with E-state index in [0.717, 1.165) is 58.6 Å². The normalized spacial score (nSPS) is 11.3. The number of nitrogens with zero attached hydrogens (tertiary/aromatic N) is 2. The fraction of sp³-hybridized carbons (Fsp3) is 0.259. The molecule has 0 unspecified atom stereocenters. The third kappa shape index (κ3) is 5.78. The second kappa shape index (κ2) is 11.6. The Morgan fingerprint density at radius 3 is 2.26 bits per heavy atom. The van der Waals surface area contributed by atoms with E-state index in [-0.39, 0.29) is 5.56 Å². The number of para-hydroxylation sites is 2. The Morgan fingerprint density at radius 2 is 1.60 bits per heavy atom. The number of fused-ring (bicyclic) bond motifs is 2. The molecule has 1 heterocycles. The summed E-state index contributed by atoms with van der Waals surface area (Å²) in [6.45, 7) is 4.81. The molecule has 0 fully saturated rings. The number of aryl methyl sites for hydroxylation is 1. The van der Waals surface area contributed by atoms with Crippen LogP contribution in [0.15, 0.2) is 60.7 Å². The second-order valence-electron chi connectivity index (χ2n) is 8.18. The Morgan fingerprint density at radius 1 is 0.943 bits per heavy atom. The zero-order valence-corrected chi connectivity index (χ0v) is 20.9. The molecular formula is C27H27Cl2N3O3. The summed E-state index contributed by atoms with van der Waals surface area (Å²) in [6, 6.07) is 18.9. The highest BCUT2D eigenvalue weighted by molar-refractivity contribution is 6.18. The first-order valence-electron chi connectivity index (χ1n) is 11.4. The minimum Gasteiger partial charge on any atom is -0.492 e. The average molecular weight is 512 g/mol. The van der Waals surface area contributed by atoms with Crippen molar-refractivity contribution in [3.8, 4) is 5.75 Å². The number of halogens is 2. The van der Waals surface area contributed by atoms with E-state index in [1.807, 2.05) is 55.5 Å². The maximum absolute atomic E-state index is 11.9. The molecule has 2 N–H and O–H groups in total. The number of carboxylic acids is 1. The first kappa shape index (κ1) is 25.0. The minimum absolute atomic E-state index is 0.178. The third-order valence-electron chi connectivity index (χ3n) is 5.87. The molecular weight excluding hydrogens is 485 g/mol. The molecule has 0 spiro atoms. The van der Waals surface area contributed by atoms with Crippen LogP contribution >= 0.6 is 23.2 Å². The van der Waals surface area contributed by atoms with E-state index >= 15 is 0 Å². The van der Waals surface area contributed by atoms with E-state index in [1.54, 1.807) is 12.1 Å². The number of carbonyl (C=O) groups is 1. The number of carboxylic acid groups (broad SMARTS) is 1. The lowest BCUT2D eigenvalue weighted by Crippen LogP contribution is -2.32. The Hall–Kier alpha value is -3.06. The molecule has 0 aliphatic rings. The summed E-state index contributed by atoms with van der Waals surface area (Å²) in [4.78, 5) is 18.8. The number of pyridine rings is 1. The molecule has 0 saturated heterocycles. The molecule has 0 aliphatic heterocycles. The van der Waals surface area contributed by atoms with Gasteiger partial charge in [0, 0.05) is 47.9 Å². The van der Waals surface area contributed by atoms with Crippen molar-refractivity contribution in [2.75, 3.05) is 43.3 Å². The van der Waals surface area contributed by atoms with Gasteiger partial charge in [-0.25, -0.2) is 9.78 Å². The van der Waals surface area contributed by atoms with Crippen LogP contribution < -0.4 is 10.1 Å². The van der Waals surface area contributed by atoms with Gasteiger partial charge in [-0.2, -0.15) is 0 Å². The number of benzene rings is 3. The molecule has 4 rings (SSSR count). The van der Waals surface area contributed by atoms with Crippen LogP contribution in [-0.2, 0) is 0 Å². The molecule has 1 aromatic heterocycles. The summed E-state index contributed by atoms with van der Waals surface area (Å²) in [5, 5.41) is 14.9. The molecule has 3 aromatic carbocycles. The lowest BCUT2D eigenvalue weighted by molar-refractivity contribution is 0.0699. The van der Waals surface area contributed by atoms with Crippen molar-refractivity contribution in [1.82, 2.24) is 9.88 Å². The molecule has 35 heavy (non-hydrogen) atoms. The van der Waals surface area contributed by atoms with Crippen LogP contribution in [0.2, 0.25) is 0 Å². The van der Waals surface area contributed by atoms with Gasteiger partial charge in [-0.3, -0.25) is 4.90 Å². The van der Waals surface area contributed by atoms with Gasteiger partial charge < -0.3 is 15.2 Å². The molecule has 0 radical (unpaired) electrons. The summed E-state index contributed by atoms with van der Waals surface area (Å²) in [5.41, 5.74) is 4.07. The number of alkyl halides is 2. The summed E-state index contributed by atoms with van der Waals surface area (Å²) in [5.74, 6) is 0.881. The maximum Gasteiger partial charge on any atom is 0.337 e. The fourth-order valence-corrected chi connectivity index (χ4v) is 4.56. The highest BCUT2D eigenvalue weighted by Gasteiger charge is 2.16. The quantitative estimate of drug-likeness (QED) is 0.182. The Balaban J connectivity index is 1.60. The highest BCUT2D eigenvalue weighted by atomic mass is 35.5. The minimum atomic E-state index is -1.00. The molecule has 182 valence electrons. The van der Waals surface area contributed by atoms with Crippen molar-refractivity contribution in [2.45, 2.75) is 6.92 Å². The molecule has 4 aromatic rings. The maximum atomic E-state index is 11.9. The number of nitrogens with one attached hydrogen (secondary N) is 1. The van der Waals surface area contributed by atoms with Gasteiger partial charge in [0.2, 0.25) is 0 Å². The van der Waals surface area contributed by atoms with Crippen molar-refractivity contribution in [3.05, 3.63) is 71.8 Å². The van der Waals surface area contributed by atoms with E-state index in [0.29, 0.717) is 23.9 Å². The van der Waals surface area contributed by atoms with Crippen LogP contribution in [0.1, 0.15) is 15.9 Å². The number of aromatic nitrogens is 1. The summed E-state index contributed by atoms with van der Waals surface area (Å²) < 4.78 is 5.90. The zero-order valence-electron chi connectivity index (χ0n) is 19.4. The number of rotatable bonds is 11. The van der Waals surface area contributed by atoms with Gasteiger partial charge in [-0.15, -0.1) is 23.2 Å². The second-order valence-corrected chi connectivity index (χ2v) is 8.94. The number of hydrogen-bond donors (Lipinski definition) is 2. The third-order valence-corrected chi connectivity index (χ3v) is 6.21. The van der Waals surface area contributed by atoms with Crippen LogP contribution in [0, 0.1) is 6.92 Å². The zero-order chi connectivity index (χ0) is 24.8. The van der Waals surface area contributed by atoms with Crippen LogP contribution in [-0.4, -0.2) is 59.0 Å². The van der Waals surface area contributed by atoms with Crippen molar-refractivity contribution >= 4 is 62.4 Å². The van der Waals surface area contributed by atoms with Crippen molar-refractivity contribution in [1.29, 1.82) is 0 Å². The first-order chi connectivity index (χ1) is 17.0. The SMILES string of the molecule is Cc1cccc2c(Nc3ccc(OCCN(CCCl)CCCl)cc3)c3cccc(C(=O)O)c3nc12. The van der Waals surface area contributed by atoms with E-state index in [2.05, 4.69) is 10.2 Å². The van der Waals surface area contributed by atoms with E-state index in [4.69, 9.17) is 32.9 Å². The van der Waals surface area contributed by atoms with Crippen LogP contribution in [0.3, 0.4) is 0 Å². The van der Waals surface area contributed by atoms with Crippen LogP contribution in [0.4, 0.5) is 11.4 Å². The van der Waals surface area contributed by atoms with Crippen molar-refractivity contribution < 1.29 is 14.6 Å². The predicted octanol–water partition coefficient (Wildman–Crippen LogP) is 6.30. The van der Waals surface area contributed by atoms with Gasteiger partial charge in [0.25, 0.3) is 0 Å². The highest BCUT2D eigenvalue weighted by Crippen LogP contribution is 2.35. The molecule has 0 atom stereocenters. The molecule has 0 bridgehead atoms. The largest absolute Gasteiger partial charge is 0.492 e. The summed E-state index contributed by atoms with van der Waals surface area (Å²) >= 11 is 11.7. The predicted molar refractivity (Wildman–Crippen MR) is 144 cm³/mol. The van der Waals surface area contributed by atoms with Gasteiger partial charge in [-0.05, 0) is 42.8 Å². The number of anilines is 2. The molecule has 0 aliphatic carbocycles. The van der Waals surface area contributed by atoms with Crippen molar-refractivity contribution in [2.24, 2.45) is 0 Å². The molecule has 0 amide bonds. The van der Waals surface area contributed by atoms with Crippen LogP contribution in [0.25, 0.3) is 21.8 Å². The van der Waals surface area contributed by atoms with Gasteiger partial charge >= 0.3 is 5.97 Å². The lowest BCUT2D eigenvalue weighted by atomic mass is 10.0. The molecule has 6 nitrogen and oxygen atoms in total. The first-order valence-corrected chi connectivity index (χ1v) is 12.5. The Kier molecular flexibility index (Phi) is 8.29. The molecule has 0 saturated carbocycles. The Bertz CT molecular complexity index is 1320. The molecule has 8 heteroatoms. The lowest BCUT2D eigenvalue weighted by Gasteiger charge is -2.20. The van der Waals surface area contributed by atoms with Crippen LogP contribution in [0.5, 0.6) is 5.75 Å². The Labute approximate surface area is 214 Å². The topological polar surface area (TPSA) is 74.7 Å². The van der Waals surface area contributed by atoms with Gasteiger partial charge in [0.1, 0.15) is 12.4 Å². The van der Waals surface area contributed by atoms with E-state index < -0.39 is 5.97 Å². The standard InChI is InChI=1S/C27H27Cl2N3O3/c1-18-4-2-5-21-24(18)31-26-22(6-3-7-23(26)27(33)34)25(21)30-19-8-10-20(11-9-19)35-17-16-32(14-12-28)15-13-29/h2-11H,12-17H2,1H3,(H,30,31)(H,33,34).